The van der Waals surface area contributed by atoms with Gasteiger partial charge in [-0.15, -0.1) is 15.0 Å². The van der Waals surface area contributed by atoms with Crippen LogP contribution in [0.3, 0.4) is 0 Å². The second kappa shape index (κ2) is 10.8. The molecule has 35 heavy (non-hydrogen) atoms. The molecule has 2 unspecified atom stereocenters. The summed E-state index contributed by atoms with van der Waals surface area (Å²) in [5, 5.41) is 21.2. The molecule has 4 rings (SSSR count). The fraction of sp³-hybridized carbons (Fsp3) is 0.211. The number of benzene rings is 1. The molecule has 2 aromatic heterocycles. The lowest BCUT2D eigenvalue weighted by atomic mass is 10.1. The summed E-state index contributed by atoms with van der Waals surface area (Å²) in [5.74, 6) is -0.282. The molecule has 3 heterocycles. The molecule has 0 bridgehead atoms. The number of phosphoric acid groups is 1. The van der Waals surface area contributed by atoms with Gasteiger partial charge >= 0.3 is 13.9 Å². The number of aliphatic hydroxyl groups excluding tert-OH is 1. The first kappa shape index (κ1) is 26.0. The van der Waals surface area contributed by atoms with Gasteiger partial charge in [-0.2, -0.15) is 0 Å². The maximum Gasteiger partial charge on any atom is 0.466 e. The highest BCUT2D eigenvalue weighted by molar-refractivity contribution is 7.45. The largest absolute Gasteiger partial charge is 0.466 e. The smallest absolute Gasteiger partial charge is 0.441 e. The topological polar surface area (TPSA) is 184 Å². The lowest BCUT2D eigenvalue weighted by Gasteiger charge is -2.15. The Hall–Kier alpha value is -3.62. The number of carbonyl (C=O) groups is 1. The van der Waals surface area contributed by atoms with E-state index in [0.717, 1.165) is 4.90 Å². The molecule has 2 atom stereocenters. The van der Waals surface area contributed by atoms with Gasteiger partial charge in [0, 0.05) is 23.5 Å². The van der Waals surface area contributed by atoms with E-state index in [1.54, 1.807) is 12.1 Å². The number of halogens is 2. The van der Waals surface area contributed by atoms with Crippen molar-refractivity contribution < 1.29 is 42.7 Å². The van der Waals surface area contributed by atoms with Crippen LogP contribution in [0, 0.1) is 5.82 Å². The predicted molar refractivity (Wildman–Crippen MR) is 117 cm³/mol. The molecule has 16 heteroatoms. The normalized spacial score (nSPS) is 16.3. The van der Waals surface area contributed by atoms with Gasteiger partial charge in [0.2, 0.25) is 5.82 Å². The molecule has 0 spiro atoms. The Balaban J connectivity index is 0.000000623. The molecule has 1 aliphatic heterocycles. The Morgan fingerprint density at radius 3 is 2.54 bits per heavy atom. The number of aliphatic hydroxyl groups is 1. The zero-order chi connectivity index (χ0) is 25.8. The maximum absolute atomic E-state index is 14.7. The molecule has 1 aliphatic rings. The van der Waals surface area contributed by atoms with Gasteiger partial charge in [-0.25, -0.2) is 18.1 Å². The van der Waals surface area contributed by atoms with Crippen molar-refractivity contribution in [1.29, 1.82) is 0 Å². The highest BCUT2D eigenvalue weighted by Crippen LogP contribution is 2.30. The summed E-state index contributed by atoms with van der Waals surface area (Å²) in [5.41, 5.74) is 1.48. The van der Waals surface area contributed by atoms with E-state index in [-0.39, 0.29) is 17.8 Å². The van der Waals surface area contributed by atoms with Crippen LogP contribution < -0.4 is 4.90 Å². The van der Waals surface area contributed by atoms with E-state index in [0.29, 0.717) is 17.1 Å². The van der Waals surface area contributed by atoms with Gasteiger partial charge in [0.1, 0.15) is 24.3 Å². The van der Waals surface area contributed by atoms with Crippen LogP contribution in [0.25, 0.3) is 28.8 Å². The number of pyridine rings is 1. The van der Waals surface area contributed by atoms with Crippen molar-refractivity contribution >= 4 is 25.8 Å². The highest BCUT2D eigenvalue weighted by atomic mass is 31.2. The summed E-state index contributed by atoms with van der Waals surface area (Å²) >= 11 is 0. The summed E-state index contributed by atoms with van der Waals surface area (Å²) in [6.45, 7) is 2.42. The summed E-state index contributed by atoms with van der Waals surface area (Å²) in [7, 11) is -4.64. The number of carbonyl (C=O) groups excluding carboxylic acids is 1. The Morgan fingerprint density at radius 1 is 1.29 bits per heavy atom. The van der Waals surface area contributed by atoms with Crippen LogP contribution in [-0.2, 0) is 9.30 Å². The molecule has 4 N–H and O–H groups in total. The van der Waals surface area contributed by atoms with Crippen molar-refractivity contribution in [2.45, 2.75) is 12.2 Å². The molecule has 0 aliphatic carbocycles. The summed E-state index contributed by atoms with van der Waals surface area (Å²) in [6.07, 6.45) is -0.339. The van der Waals surface area contributed by atoms with Gasteiger partial charge in [-0.05, 0) is 29.5 Å². The van der Waals surface area contributed by atoms with Crippen molar-refractivity contribution in [2.75, 3.05) is 18.1 Å². The molecular formula is C19H19F2N6O7P. The lowest BCUT2D eigenvalue weighted by molar-refractivity contribution is 0.0188. The summed E-state index contributed by atoms with van der Waals surface area (Å²) < 4.78 is 41.2. The number of amides is 1. The van der Waals surface area contributed by atoms with Gasteiger partial charge in [0.25, 0.3) is 0 Å². The fourth-order valence-corrected chi connectivity index (χ4v) is 2.99. The first-order valence-corrected chi connectivity index (χ1v) is 11.3. The van der Waals surface area contributed by atoms with Crippen molar-refractivity contribution in [1.82, 2.24) is 25.2 Å². The molecule has 0 radical (unpaired) electrons. The Morgan fingerprint density at radius 2 is 2.00 bits per heavy atom. The zero-order valence-electron chi connectivity index (χ0n) is 17.7. The van der Waals surface area contributed by atoms with E-state index in [2.05, 4.69) is 27.0 Å². The molecule has 1 aromatic carbocycles. The predicted octanol–water partition coefficient (Wildman–Crippen LogP) is 1.37. The SMILES string of the molecule is C=Cn1nnc(-c2ccc(-c3ccc(N4CC(C(O)CF)OC4=O)cc3F)cn2)n1.O=P(O)(O)O. The molecule has 3 aromatic rings. The summed E-state index contributed by atoms with van der Waals surface area (Å²) in [4.78, 5) is 40.1. The van der Waals surface area contributed by atoms with Gasteiger partial charge in [0.15, 0.2) is 6.10 Å². The minimum absolute atomic E-state index is 0.0721. The first-order valence-electron chi connectivity index (χ1n) is 9.69. The standard InChI is InChI=1S/C19H16F2N6O3.H3O4P/c1-2-27-24-18(23-25-27)15-6-3-11(9-22-15)13-5-4-12(7-14(13)21)26-10-17(16(28)8-20)30-19(26)29;1-5(2,3)4/h2-7,9,16-17,28H,1,8,10H2;(H3,1,2,3,4). The van der Waals surface area contributed by atoms with Crippen LogP contribution in [0.1, 0.15) is 0 Å². The van der Waals surface area contributed by atoms with E-state index in [1.807, 2.05) is 0 Å². The number of alkyl halides is 1. The van der Waals surface area contributed by atoms with Gasteiger partial charge in [-0.3, -0.25) is 9.88 Å². The van der Waals surface area contributed by atoms with Gasteiger partial charge < -0.3 is 24.5 Å². The van der Waals surface area contributed by atoms with Crippen molar-refractivity contribution in [3.63, 3.8) is 0 Å². The third-order valence-corrected chi connectivity index (χ3v) is 4.58. The number of rotatable bonds is 6. The third kappa shape index (κ3) is 6.71. The van der Waals surface area contributed by atoms with Gasteiger partial charge in [-0.1, -0.05) is 12.6 Å². The van der Waals surface area contributed by atoms with Crippen molar-refractivity contribution in [3.05, 3.63) is 48.9 Å². The average molecular weight is 512 g/mol. The van der Waals surface area contributed by atoms with E-state index in [1.165, 1.54) is 35.4 Å². The van der Waals surface area contributed by atoms with Crippen molar-refractivity contribution in [2.24, 2.45) is 0 Å². The van der Waals surface area contributed by atoms with E-state index in [9.17, 15) is 18.7 Å². The first-order chi connectivity index (χ1) is 16.5. The third-order valence-electron chi connectivity index (χ3n) is 4.58. The fourth-order valence-electron chi connectivity index (χ4n) is 2.99. The number of tetrazole rings is 1. The number of nitrogens with zero attached hydrogens (tertiary/aromatic N) is 6. The number of cyclic esters (lactones) is 1. The van der Waals surface area contributed by atoms with Gasteiger partial charge in [0.05, 0.1) is 12.2 Å². The minimum atomic E-state index is -4.64. The minimum Gasteiger partial charge on any atom is -0.441 e. The Labute approximate surface area is 196 Å². The molecule has 0 saturated carbocycles. The quantitative estimate of drug-likeness (QED) is 0.350. The molecule has 13 nitrogen and oxygen atoms in total. The Bertz CT molecular complexity index is 1240. The van der Waals surface area contributed by atoms with Crippen LogP contribution in [0.2, 0.25) is 0 Å². The van der Waals surface area contributed by atoms with Crippen LogP contribution >= 0.6 is 7.82 Å². The summed E-state index contributed by atoms with van der Waals surface area (Å²) in [6, 6.07) is 7.50. The number of hydrogen-bond acceptors (Lipinski definition) is 8. The average Bonchev–Trinajstić information content (AvgIpc) is 3.44. The molecule has 1 saturated heterocycles. The van der Waals surface area contributed by atoms with E-state index >= 15 is 0 Å². The van der Waals surface area contributed by atoms with Crippen molar-refractivity contribution in [3.8, 4) is 22.6 Å². The number of anilines is 1. The van der Waals surface area contributed by atoms with Crippen LogP contribution in [0.5, 0.6) is 0 Å². The van der Waals surface area contributed by atoms with E-state index in [4.69, 9.17) is 24.0 Å². The maximum atomic E-state index is 14.7. The second-order valence-electron chi connectivity index (χ2n) is 6.98. The number of aromatic nitrogens is 5. The van der Waals surface area contributed by atoms with Crippen LogP contribution in [-0.4, -0.2) is 76.5 Å². The lowest BCUT2D eigenvalue weighted by Crippen LogP contribution is -2.32. The van der Waals surface area contributed by atoms with Crippen LogP contribution in [0.15, 0.2) is 43.1 Å². The second-order valence-corrected chi connectivity index (χ2v) is 8.01. The zero-order valence-corrected chi connectivity index (χ0v) is 18.6. The Kier molecular flexibility index (Phi) is 7.99. The monoisotopic (exact) mass is 512 g/mol. The molecular weight excluding hydrogens is 493 g/mol. The van der Waals surface area contributed by atoms with Crippen LogP contribution in [0.4, 0.5) is 19.3 Å². The number of ether oxygens (including phenoxy) is 1. The number of hydrogen-bond donors (Lipinski definition) is 4. The van der Waals surface area contributed by atoms with E-state index < -0.39 is 38.6 Å². The molecule has 186 valence electrons. The molecule has 1 amide bonds. The highest BCUT2D eigenvalue weighted by Gasteiger charge is 2.37. The molecule has 1 fully saturated rings.